The fourth-order valence-corrected chi connectivity index (χ4v) is 1.73. The Bertz CT molecular complexity index is 382. The van der Waals surface area contributed by atoms with Gasteiger partial charge < -0.3 is 20.4 Å². The van der Waals surface area contributed by atoms with Crippen molar-refractivity contribution in [1.29, 1.82) is 0 Å². The minimum atomic E-state index is -0.485. The topological polar surface area (TPSA) is 80.9 Å². The van der Waals surface area contributed by atoms with E-state index in [0.29, 0.717) is 12.0 Å². The van der Waals surface area contributed by atoms with Crippen molar-refractivity contribution >= 4 is 0 Å². The van der Waals surface area contributed by atoms with E-state index in [0.717, 1.165) is 12.8 Å². The van der Waals surface area contributed by atoms with Crippen LogP contribution in [0.25, 0.3) is 0 Å². The summed E-state index contributed by atoms with van der Waals surface area (Å²) < 4.78 is 0. The smallest absolute Gasteiger partial charge is 0.200 e. The minimum absolute atomic E-state index is 0.0913. The number of phenolic OH excluding ortho intramolecular Hbond substituents is 3. The predicted octanol–water partition coefficient (Wildman–Crippen LogP) is 1.12. The molecule has 4 N–H and O–H groups in total. The van der Waals surface area contributed by atoms with Gasteiger partial charge in [0.05, 0.1) is 0 Å². The summed E-state index contributed by atoms with van der Waals surface area (Å²) >= 11 is 0. The number of aliphatic hydroxyl groups excluding tert-OH is 1. The van der Waals surface area contributed by atoms with Crippen LogP contribution in [0.2, 0.25) is 0 Å². The highest BCUT2D eigenvalue weighted by atomic mass is 16.3. The maximum atomic E-state index is 9.57. The summed E-state index contributed by atoms with van der Waals surface area (Å²) in [4.78, 5) is 0. The highest BCUT2D eigenvalue weighted by Crippen LogP contribution is 2.50. The van der Waals surface area contributed by atoms with E-state index in [9.17, 15) is 10.2 Å². The lowest BCUT2D eigenvalue weighted by Gasteiger charge is -2.13. The van der Waals surface area contributed by atoms with Crippen LogP contribution in [0.5, 0.6) is 17.2 Å². The van der Waals surface area contributed by atoms with Crippen molar-refractivity contribution in [3.63, 3.8) is 0 Å². The van der Waals surface area contributed by atoms with Crippen LogP contribution in [-0.2, 0) is 6.42 Å². The van der Waals surface area contributed by atoms with Crippen LogP contribution < -0.4 is 0 Å². The molecule has 0 bridgehead atoms. The molecule has 1 fully saturated rings. The fourth-order valence-electron chi connectivity index (χ4n) is 1.73. The highest BCUT2D eigenvalue weighted by Gasteiger charge is 2.42. The molecule has 0 aromatic heterocycles. The molecule has 0 spiro atoms. The van der Waals surface area contributed by atoms with Crippen molar-refractivity contribution in [3.05, 3.63) is 17.7 Å². The Balaban J connectivity index is 2.26. The summed E-state index contributed by atoms with van der Waals surface area (Å²) in [6.07, 6.45) is 2.40. The molecule has 2 rings (SSSR count). The van der Waals surface area contributed by atoms with Gasteiger partial charge in [-0.2, -0.15) is 0 Å². The van der Waals surface area contributed by atoms with Gasteiger partial charge in [0.1, 0.15) is 0 Å². The van der Waals surface area contributed by atoms with Crippen LogP contribution in [0.15, 0.2) is 12.1 Å². The van der Waals surface area contributed by atoms with Crippen molar-refractivity contribution in [2.45, 2.75) is 19.3 Å². The average molecular weight is 210 g/mol. The van der Waals surface area contributed by atoms with Gasteiger partial charge in [-0.25, -0.2) is 0 Å². The molecular formula is C11H14O4. The molecule has 0 heterocycles. The number of aromatic hydroxyl groups is 3. The number of hydrogen-bond acceptors (Lipinski definition) is 4. The molecule has 0 unspecified atom stereocenters. The molecule has 4 heteroatoms. The lowest BCUT2D eigenvalue weighted by molar-refractivity contribution is 0.210. The van der Waals surface area contributed by atoms with Crippen molar-refractivity contribution in [3.8, 4) is 17.2 Å². The fraction of sp³-hybridized carbons (Fsp3) is 0.455. The second kappa shape index (κ2) is 3.31. The standard InChI is InChI=1S/C11H14O4/c12-6-11(3-4-11)5-7-1-2-8(13)10(15)9(7)14/h1-2,12-15H,3-6H2. The van der Waals surface area contributed by atoms with Crippen LogP contribution in [0.3, 0.4) is 0 Å². The SMILES string of the molecule is OCC1(Cc2ccc(O)c(O)c2O)CC1. The van der Waals surface area contributed by atoms with E-state index in [1.807, 2.05) is 0 Å². The van der Waals surface area contributed by atoms with Crippen LogP contribution in [-0.4, -0.2) is 27.0 Å². The quantitative estimate of drug-likeness (QED) is 0.563. The molecule has 1 saturated carbocycles. The van der Waals surface area contributed by atoms with Crippen molar-refractivity contribution in [1.82, 2.24) is 0 Å². The first kappa shape index (κ1) is 10.1. The minimum Gasteiger partial charge on any atom is -0.504 e. The first-order valence-electron chi connectivity index (χ1n) is 4.92. The zero-order chi connectivity index (χ0) is 11.1. The van der Waals surface area contributed by atoms with Crippen molar-refractivity contribution in [2.24, 2.45) is 5.41 Å². The maximum Gasteiger partial charge on any atom is 0.200 e. The van der Waals surface area contributed by atoms with E-state index < -0.39 is 5.75 Å². The van der Waals surface area contributed by atoms with Gasteiger partial charge in [0.15, 0.2) is 11.5 Å². The number of aliphatic hydroxyl groups is 1. The summed E-state index contributed by atoms with van der Waals surface area (Å²) in [5, 5.41) is 37.2. The number of phenols is 3. The molecule has 82 valence electrons. The Hall–Kier alpha value is -1.42. The van der Waals surface area contributed by atoms with E-state index >= 15 is 0 Å². The van der Waals surface area contributed by atoms with Gasteiger partial charge in [-0.15, -0.1) is 0 Å². The zero-order valence-corrected chi connectivity index (χ0v) is 8.27. The molecule has 1 aliphatic rings. The number of benzene rings is 1. The summed E-state index contributed by atoms with van der Waals surface area (Å²) in [5.41, 5.74) is 0.442. The molecule has 0 saturated heterocycles. The van der Waals surface area contributed by atoms with E-state index in [1.165, 1.54) is 6.07 Å². The lowest BCUT2D eigenvalue weighted by atomic mass is 9.96. The van der Waals surface area contributed by atoms with Crippen LogP contribution in [0, 0.1) is 5.41 Å². The average Bonchev–Trinajstić information content (AvgIpc) is 3.00. The summed E-state index contributed by atoms with van der Waals surface area (Å²) in [5.74, 6) is -1.10. The Morgan fingerprint density at radius 3 is 2.27 bits per heavy atom. The Morgan fingerprint density at radius 1 is 1.07 bits per heavy atom. The molecule has 0 atom stereocenters. The molecule has 15 heavy (non-hydrogen) atoms. The predicted molar refractivity (Wildman–Crippen MR) is 53.9 cm³/mol. The third-order valence-electron chi connectivity index (χ3n) is 3.07. The Kier molecular flexibility index (Phi) is 2.23. The monoisotopic (exact) mass is 210 g/mol. The van der Waals surface area contributed by atoms with Crippen LogP contribution >= 0.6 is 0 Å². The largest absolute Gasteiger partial charge is 0.504 e. The molecule has 0 amide bonds. The molecule has 4 nitrogen and oxygen atoms in total. The Labute approximate surface area is 87.4 Å². The lowest BCUT2D eigenvalue weighted by Crippen LogP contribution is -2.10. The van der Waals surface area contributed by atoms with Gasteiger partial charge in [0.2, 0.25) is 5.75 Å². The van der Waals surface area contributed by atoms with Gasteiger partial charge in [0.25, 0.3) is 0 Å². The third kappa shape index (κ3) is 1.72. The second-order valence-electron chi connectivity index (χ2n) is 4.28. The van der Waals surface area contributed by atoms with Gasteiger partial charge in [-0.1, -0.05) is 6.07 Å². The van der Waals surface area contributed by atoms with Gasteiger partial charge in [0, 0.05) is 6.61 Å². The summed E-state index contributed by atoms with van der Waals surface area (Å²) in [6, 6.07) is 2.91. The van der Waals surface area contributed by atoms with E-state index in [4.69, 9.17) is 10.2 Å². The highest BCUT2D eigenvalue weighted by molar-refractivity contribution is 5.53. The van der Waals surface area contributed by atoms with E-state index in [-0.39, 0.29) is 23.5 Å². The molecule has 0 radical (unpaired) electrons. The first-order chi connectivity index (χ1) is 7.08. The second-order valence-corrected chi connectivity index (χ2v) is 4.28. The molecular weight excluding hydrogens is 196 g/mol. The van der Waals surface area contributed by atoms with Gasteiger partial charge in [-0.3, -0.25) is 0 Å². The first-order valence-corrected chi connectivity index (χ1v) is 4.92. The van der Waals surface area contributed by atoms with Crippen LogP contribution in [0.4, 0.5) is 0 Å². The zero-order valence-electron chi connectivity index (χ0n) is 8.27. The van der Waals surface area contributed by atoms with Gasteiger partial charge in [-0.05, 0) is 36.3 Å². The maximum absolute atomic E-state index is 9.57. The number of rotatable bonds is 3. The normalized spacial score (nSPS) is 17.7. The molecule has 1 aromatic carbocycles. The Morgan fingerprint density at radius 2 is 1.73 bits per heavy atom. The van der Waals surface area contributed by atoms with E-state index in [1.54, 1.807) is 6.07 Å². The summed E-state index contributed by atoms with van der Waals surface area (Å²) in [6.45, 7) is 0.0913. The van der Waals surface area contributed by atoms with Crippen LogP contribution in [0.1, 0.15) is 18.4 Å². The van der Waals surface area contributed by atoms with E-state index in [2.05, 4.69) is 0 Å². The molecule has 1 aliphatic carbocycles. The van der Waals surface area contributed by atoms with Crippen molar-refractivity contribution < 1.29 is 20.4 Å². The van der Waals surface area contributed by atoms with Crippen molar-refractivity contribution in [2.75, 3.05) is 6.61 Å². The summed E-state index contributed by atoms with van der Waals surface area (Å²) in [7, 11) is 0. The molecule has 1 aromatic rings. The van der Waals surface area contributed by atoms with Gasteiger partial charge >= 0.3 is 0 Å². The third-order valence-corrected chi connectivity index (χ3v) is 3.07. The number of hydrogen-bond donors (Lipinski definition) is 4. The molecule has 0 aliphatic heterocycles.